The molecule has 0 aliphatic heterocycles. The van der Waals surface area contributed by atoms with E-state index in [4.69, 9.17) is 14.2 Å². The number of fused-ring (bicyclic) bond motifs is 1. The van der Waals surface area contributed by atoms with Crippen LogP contribution in [0.15, 0.2) is 54.7 Å². The van der Waals surface area contributed by atoms with Crippen molar-refractivity contribution in [2.75, 3.05) is 26.6 Å². The minimum Gasteiger partial charge on any atom is -0.493 e. The van der Waals surface area contributed by atoms with Crippen LogP contribution in [-0.4, -0.2) is 37.2 Å². The van der Waals surface area contributed by atoms with Gasteiger partial charge in [0, 0.05) is 23.5 Å². The van der Waals surface area contributed by atoms with Gasteiger partial charge in [0.1, 0.15) is 15.4 Å². The van der Waals surface area contributed by atoms with Crippen molar-refractivity contribution in [3.8, 4) is 27.8 Å². The van der Waals surface area contributed by atoms with Crippen molar-refractivity contribution in [2.24, 2.45) is 0 Å². The van der Waals surface area contributed by atoms with Gasteiger partial charge in [-0.15, -0.1) is 0 Å². The number of ether oxygens (including phenoxy) is 3. The second kappa shape index (κ2) is 9.70. The first-order valence-corrected chi connectivity index (χ1v) is 11.0. The maximum Gasteiger partial charge on any atom is 0.248 e. The smallest absolute Gasteiger partial charge is 0.248 e. The number of aryl methyl sites for hydroxylation is 1. The summed E-state index contributed by atoms with van der Waals surface area (Å²) in [5.41, 5.74) is 4.29. The molecule has 4 rings (SSSR count). The van der Waals surface area contributed by atoms with E-state index in [1.807, 2.05) is 37.3 Å². The van der Waals surface area contributed by atoms with E-state index in [0.717, 1.165) is 37.7 Å². The van der Waals surface area contributed by atoms with E-state index in [1.54, 1.807) is 57.1 Å². The number of hydrogen-bond acceptors (Lipinski definition) is 7. The fourth-order valence-electron chi connectivity index (χ4n) is 3.37. The number of aromatic nitrogens is 2. The van der Waals surface area contributed by atoms with Gasteiger partial charge in [0.05, 0.1) is 21.3 Å². The minimum absolute atomic E-state index is 0.246. The van der Waals surface area contributed by atoms with Crippen LogP contribution in [0.2, 0.25) is 0 Å². The fraction of sp³-hybridized carbons (Fsp3) is 0.160. The molecular weight excluding hydrogens is 438 g/mol. The van der Waals surface area contributed by atoms with Gasteiger partial charge in [-0.05, 0) is 66.6 Å². The van der Waals surface area contributed by atoms with Gasteiger partial charge in [-0.3, -0.25) is 4.79 Å². The third-order valence-electron chi connectivity index (χ3n) is 5.01. The average Bonchev–Trinajstić information content (AvgIpc) is 3.27. The summed E-state index contributed by atoms with van der Waals surface area (Å²) < 4.78 is 16.0. The third kappa shape index (κ3) is 4.80. The van der Waals surface area contributed by atoms with E-state index in [9.17, 15) is 4.79 Å². The van der Waals surface area contributed by atoms with Crippen LogP contribution < -0.4 is 19.5 Å². The lowest BCUT2D eigenvalue weighted by atomic mass is 10.1. The monoisotopic (exact) mass is 461 g/mol. The molecule has 7 nitrogen and oxygen atoms in total. The molecule has 1 N–H and O–H groups in total. The molecule has 2 aromatic carbocycles. The Labute approximate surface area is 195 Å². The predicted molar refractivity (Wildman–Crippen MR) is 131 cm³/mol. The zero-order chi connectivity index (χ0) is 23.4. The summed E-state index contributed by atoms with van der Waals surface area (Å²) in [5.74, 6) is 1.30. The molecule has 2 heterocycles. The van der Waals surface area contributed by atoms with Gasteiger partial charge in [-0.1, -0.05) is 11.3 Å². The average molecular weight is 462 g/mol. The maximum atomic E-state index is 12.5. The number of pyridine rings is 1. The summed E-state index contributed by atoms with van der Waals surface area (Å²) >= 11 is 1.54. The number of rotatable bonds is 7. The summed E-state index contributed by atoms with van der Waals surface area (Å²) in [6.45, 7) is 1.95. The summed E-state index contributed by atoms with van der Waals surface area (Å²) in [5, 5.41) is 3.82. The van der Waals surface area contributed by atoms with Crippen LogP contribution >= 0.6 is 11.3 Å². The number of methoxy groups -OCH3 is 3. The molecule has 8 heteroatoms. The van der Waals surface area contributed by atoms with Gasteiger partial charge in [0.25, 0.3) is 0 Å². The van der Waals surface area contributed by atoms with Crippen molar-refractivity contribution in [2.45, 2.75) is 6.92 Å². The van der Waals surface area contributed by atoms with Crippen molar-refractivity contribution < 1.29 is 19.0 Å². The zero-order valence-corrected chi connectivity index (χ0v) is 19.5. The Balaban J connectivity index is 1.50. The molecule has 0 aliphatic carbocycles. The largest absolute Gasteiger partial charge is 0.493 e. The van der Waals surface area contributed by atoms with Gasteiger partial charge in [-0.25, -0.2) is 9.97 Å². The Morgan fingerprint density at radius 3 is 2.42 bits per heavy atom. The molecular formula is C25H23N3O4S. The van der Waals surface area contributed by atoms with E-state index >= 15 is 0 Å². The van der Waals surface area contributed by atoms with Gasteiger partial charge in [-0.2, -0.15) is 0 Å². The number of benzene rings is 2. The van der Waals surface area contributed by atoms with Gasteiger partial charge in [0.15, 0.2) is 11.5 Å². The summed E-state index contributed by atoms with van der Waals surface area (Å²) in [6.07, 6.45) is 4.92. The molecule has 33 heavy (non-hydrogen) atoms. The van der Waals surface area contributed by atoms with Crippen molar-refractivity contribution in [1.82, 2.24) is 9.97 Å². The number of carbonyl (C=O) groups is 1. The highest BCUT2D eigenvalue weighted by molar-refractivity contribution is 7.21. The topological polar surface area (TPSA) is 82.6 Å². The number of nitrogens with one attached hydrogen (secondary N) is 1. The van der Waals surface area contributed by atoms with Crippen LogP contribution in [0.1, 0.15) is 11.1 Å². The maximum absolute atomic E-state index is 12.5. The van der Waals surface area contributed by atoms with Crippen LogP contribution in [0.3, 0.4) is 0 Å². The van der Waals surface area contributed by atoms with Crippen LogP contribution in [-0.2, 0) is 4.79 Å². The quantitative estimate of drug-likeness (QED) is 0.374. The van der Waals surface area contributed by atoms with Crippen molar-refractivity contribution in [3.05, 3.63) is 65.9 Å². The second-order valence-electron chi connectivity index (χ2n) is 7.16. The minimum atomic E-state index is -0.246. The Kier molecular flexibility index (Phi) is 6.55. The number of anilines is 1. The molecule has 0 saturated carbocycles. The summed E-state index contributed by atoms with van der Waals surface area (Å²) in [4.78, 5) is 22.4. The van der Waals surface area contributed by atoms with Crippen LogP contribution in [0.25, 0.3) is 27.0 Å². The Hall–Kier alpha value is -3.91. The Morgan fingerprint density at radius 2 is 1.79 bits per heavy atom. The summed E-state index contributed by atoms with van der Waals surface area (Å²) in [7, 11) is 4.65. The molecule has 0 spiro atoms. The van der Waals surface area contributed by atoms with Gasteiger partial charge >= 0.3 is 0 Å². The Bertz CT molecular complexity index is 1290. The molecule has 168 valence electrons. The number of thiazole rings is 1. The predicted octanol–water partition coefficient (Wildman–Crippen LogP) is 5.34. The van der Waals surface area contributed by atoms with E-state index < -0.39 is 0 Å². The highest BCUT2D eigenvalue weighted by atomic mass is 32.1. The van der Waals surface area contributed by atoms with Crippen LogP contribution in [0.4, 0.5) is 5.69 Å². The molecule has 0 aliphatic rings. The lowest BCUT2D eigenvalue weighted by Crippen LogP contribution is -2.09. The SMILES string of the molecule is COc1cc(/C=C/C(=O)Nc2ccc(-c3nc4cccnc4s3)cc2C)cc(OC)c1OC. The molecule has 2 aromatic heterocycles. The first kappa shape index (κ1) is 22.3. The number of amides is 1. The van der Waals surface area contributed by atoms with E-state index in [0.29, 0.717) is 17.2 Å². The van der Waals surface area contributed by atoms with Crippen molar-refractivity contribution >= 4 is 39.4 Å². The lowest BCUT2D eigenvalue weighted by molar-refractivity contribution is -0.111. The summed E-state index contributed by atoms with van der Waals surface area (Å²) in [6, 6.07) is 13.2. The van der Waals surface area contributed by atoms with E-state index in [2.05, 4.69) is 15.3 Å². The second-order valence-corrected chi connectivity index (χ2v) is 8.14. The Morgan fingerprint density at radius 1 is 1.03 bits per heavy atom. The normalized spacial score (nSPS) is 11.0. The highest BCUT2D eigenvalue weighted by Crippen LogP contribution is 2.38. The molecule has 0 radical (unpaired) electrons. The molecule has 0 atom stereocenters. The number of hydrogen-bond donors (Lipinski definition) is 1. The molecule has 1 amide bonds. The molecule has 0 saturated heterocycles. The highest BCUT2D eigenvalue weighted by Gasteiger charge is 2.13. The molecule has 0 unspecified atom stereocenters. The first-order chi connectivity index (χ1) is 16.0. The fourth-order valence-corrected chi connectivity index (χ4v) is 4.28. The van der Waals surface area contributed by atoms with Crippen LogP contribution in [0, 0.1) is 6.92 Å². The standard InChI is InChI=1S/C25H23N3O4S/c1-15-12-17(24-28-19-6-5-11-26-25(19)33-24)8-9-18(15)27-22(29)10-7-16-13-20(30-2)23(32-4)21(14-16)31-3/h5-14H,1-4H3,(H,27,29)/b10-7+. The zero-order valence-electron chi connectivity index (χ0n) is 18.7. The van der Waals surface area contributed by atoms with Crippen LogP contribution in [0.5, 0.6) is 17.2 Å². The molecule has 0 bridgehead atoms. The lowest BCUT2D eigenvalue weighted by Gasteiger charge is -2.12. The molecule has 0 fully saturated rings. The van der Waals surface area contributed by atoms with E-state index in [-0.39, 0.29) is 5.91 Å². The third-order valence-corrected chi connectivity index (χ3v) is 6.04. The van der Waals surface area contributed by atoms with Crippen molar-refractivity contribution in [3.63, 3.8) is 0 Å². The first-order valence-electron chi connectivity index (χ1n) is 10.1. The van der Waals surface area contributed by atoms with E-state index in [1.165, 1.54) is 6.08 Å². The molecule has 4 aromatic rings. The number of carbonyl (C=O) groups excluding carboxylic acids is 1. The van der Waals surface area contributed by atoms with Crippen molar-refractivity contribution in [1.29, 1.82) is 0 Å². The van der Waals surface area contributed by atoms with Gasteiger partial charge in [0.2, 0.25) is 11.7 Å². The number of nitrogens with zero attached hydrogens (tertiary/aromatic N) is 2. The van der Waals surface area contributed by atoms with Gasteiger partial charge < -0.3 is 19.5 Å².